The summed E-state index contributed by atoms with van der Waals surface area (Å²) in [4.78, 5) is 0. The van der Waals surface area contributed by atoms with Crippen LogP contribution in [0.15, 0.2) is 0 Å². The second-order valence-corrected chi connectivity index (χ2v) is 7.32. The van der Waals surface area contributed by atoms with Crippen LogP contribution in [0.2, 0.25) is 0 Å². The molecule has 0 unspecified atom stereocenters. The van der Waals surface area contributed by atoms with Gasteiger partial charge in [-0.1, -0.05) is 36.7 Å². The zero-order valence-electron chi connectivity index (χ0n) is 9.85. The summed E-state index contributed by atoms with van der Waals surface area (Å²) in [7, 11) is -3.05. The minimum atomic E-state index is -3.05. The molecule has 0 spiro atoms. The van der Waals surface area contributed by atoms with Crippen molar-refractivity contribution in [3.63, 3.8) is 0 Å². The first-order valence-electron chi connectivity index (χ1n) is 5.36. The van der Waals surface area contributed by atoms with E-state index in [1.807, 2.05) is 6.92 Å². The van der Waals surface area contributed by atoms with Gasteiger partial charge >= 0.3 is 0 Å². The van der Waals surface area contributed by atoms with E-state index in [0.717, 1.165) is 18.2 Å². The number of nitrogens with one attached hydrogen (secondary N) is 1. The van der Waals surface area contributed by atoms with Gasteiger partial charge in [0.1, 0.15) is 0 Å². The van der Waals surface area contributed by atoms with Gasteiger partial charge in [-0.3, -0.25) is 0 Å². The van der Waals surface area contributed by atoms with Crippen LogP contribution < -0.4 is 4.72 Å². The molecule has 0 aliphatic carbocycles. The molecular formula is C10H22BrNO2S. The van der Waals surface area contributed by atoms with Gasteiger partial charge in [0.05, 0.1) is 5.75 Å². The van der Waals surface area contributed by atoms with Gasteiger partial charge in [0.2, 0.25) is 10.0 Å². The molecule has 0 saturated carbocycles. The van der Waals surface area contributed by atoms with Gasteiger partial charge in [0.25, 0.3) is 0 Å². The highest BCUT2D eigenvalue weighted by Gasteiger charge is 2.20. The van der Waals surface area contributed by atoms with E-state index < -0.39 is 10.0 Å². The summed E-state index contributed by atoms with van der Waals surface area (Å²) in [6, 6.07) is 0. The third kappa shape index (κ3) is 8.22. The highest BCUT2D eigenvalue weighted by molar-refractivity contribution is 9.09. The Hall–Kier alpha value is 0.390. The van der Waals surface area contributed by atoms with Gasteiger partial charge in [-0.25, -0.2) is 13.1 Å². The van der Waals surface area contributed by atoms with Crippen molar-refractivity contribution in [3.05, 3.63) is 0 Å². The first-order valence-corrected chi connectivity index (χ1v) is 8.13. The Morgan fingerprint density at radius 2 is 1.93 bits per heavy atom. The second kappa shape index (κ2) is 6.86. The molecule has 0 amide bonds. The fourth-order valence-corrected chi connectivity index (χ4v) is 2.85. The standard InChI is InChI=1S/C10H22BrNO2S/c1-4-8-15(13,14)12-9-10(2,3)6-5-7-11/h12H,4-9H2,1-3H3. The maximum atomic E-state index is 11.4. The molecule has 0 fully saturated rings. The molecule has 0 aromatic carbocycles. The van der Waals surface area contributed by atoms with Crippen LogP contribution in [0.5, 0.6) is 0 Å². The summed E-state index contributed by atoms with van der Waals surface area (Å²) in [6.45, 7) is 6.58. The second-order valence-electron chi connectivity index (χ2n) is 4.60. The molecule has 0 radical (unpaired) electrons. The van der Waals surface area contributed by atoms with E-state index in [4.69, 9.17) is 0 Å². The van der Waals surface area contributed by atoms with E-state index in [-0.39, 0.29) is 11.2 Å². The lowest BCUT2D eigenvalue weighted by Gasteiger charge is -2.24. The molecule has 0 aromatic rings. The number of hydrogen-bond donors (Lipinski definition) is 1. The normalized spacial score (nSPS) is 13.1. The van der Waals surface area contributed by atoms with Crippen molar-refractivity contribution in [2.24, 2.45) is 5.41 Å². The van der Waals surface area contributed by atoms with E-state index in [9.17, 15) is 8.42 Å². The Morgan fingerprint density at radius 1 is 1.33 bits per heavy atom. The van der Waals surface area contributed by atoms with Gasteiger partial charge in [-0.2, -0.15) is 0 Å². The third-order valence-corrected chi connectivity index (χ3v) is 4.32. The highest BCUT2D eigenvalue weighted by Crippen LogP contribution is 2.21. The number of alkyl halides is 1. The molecule has 3 nitrogen and oxygen atoms in total. The first kappa shape index (κ1) is 15.4. The van der Waals surface area contributed by atoms with Crippen LogP contribution in [0.3, 0.4) is 0 Å². The van der Waals surface area contributed by atoms with E-state index in [0.29, 0.717) is 13.0 Å². The number of hydrogen-bond acceptors (Lipinski definition) is 2. The Bertz CT molecular complexity index is 263. The Morgan fingerprint density at radius 3 is 2.40 bits per heavy atom. The predicted molar refractivity (Wildman–Crippen MR) is 68.9 cm³/mol. The molecule has 0 rings (SSSR count). The van der Waals surface area contributed by atoms with Crippen LogP contribution in [0.4, 0.5) is 0 Å². The number of halogens is 1. The van der Waals surface area contributed by atoms with Gasteiger partial charge in [0.15, 0.2) is 0 Å². The van der Waals surface area contributed by atoms with Gasteiger partial charge in [-0.05, 0) is 24.7 Å². The van der Waals surface area contributed by atoms with Crippen molar-refractivity contribution in [1.82, 2.24) is 4.72 Å². The molecule has 0 saturated heterocycles. The zero-order chi connectivity index (χ0) is 11.9. The number of sulfonamides is 1. The topological polar surface area (TPSA) is 46.2 Å². The van der Waals surface area contributed by atoms with E-state index >= 15 is 0 Å². The van der Waals surface area contributed by atoms with Crippen LogP contribution >= 0.6 is 15.9 Å². The van der Waals surface area contributed by atoms with Crippen molar-refractivity contribution < 1.29 is 8.42 Å². The maximum Gasteiger partial charge on any atom is 0.211 e. The Labute approximate surface area is 102 Å². The molecule has 5 heteroatoms. The quantitative estimate of drug-likeness (QED) is 0.700. The Kier molecular flexibility index (Phi) is 7.04. The van der Waals surface area contributed by atoms with E-state index in [1.165, 1.54) is 0 Å². The summed E-state index contributed by atoms with van der Waals surface area (Å²) in [5.74, 6) is 0.224. The van der Waals surface area contributed by atoms with Crippen molar-refractivity contribution in [2.75, 3.05) is 17.6 Å². The summed E-state index contributed by atoms with van der Waals surface area (Å²) >= 11 is 3.38. The molecule has 0 aromatic heterocycles. The van der Waals surface area contributed by atoms with Crippen molar-refractivity contribution in [1.29, 1.82) is 0 Å². The number of rotatable bonds is 8. The lowest BCUT2D eigenvalue weighted by molar-refractivity contribution is 0.332. The highest BCUT2D eigenvalue weighted by atomic mass is 79.9. The summed E-state index contributed by atoms with van der Waals surface area (Å²) in [5, 5.41) is 0.970. The smallest absolute Gasteiger partial charge is 0.211 e. The lowest BCUT2D eigenvalue weighted by atomic mass is 9.88. The molecule has 0 heterocycles. The maximum absolute atomic E-state index is 11.4. The van der Waals surface area contributed by atoms with Crippen LogP contribution in [-0.4, -0.2) is 26.0 Å². The van der Waals surface area contributed by atoms with Gasteiger partial charge < -0.3 is 0 Å². The van der Waals surface area contributed by atoms with Crippen molar-refractivity contribution in [3.8, 4) is 0 Å². The summed E-state index contributed by atoms with van der Waals surface area (Å²) in [6.07, 6.45) is 2.76. The van der Waals surface area contributed by atoms with Crippen LogP contribution in [-0.2, 0) is 10.0 Å². The molecule has 0 bridgehead atoms. The van der Waals surface area contributed by atoms with Crippen molar-refractivity contribution in [2.45, 2.75) is 40.0 Å². The van der Waals surface area contributed by atoms with Crippen LogP contribution in [0, 0.1) is 5.41 Å². The fraction of sp³-hybridized carbons (Fsp3) is 1.00. The molecular weight excluding hydrogens is 278 g/mol. The zero-order valence-corrected chi connectivity index (χ0v) is 12.2. The Balaban J connectivity index is 4.02. The average Bonchev–Trinajstić information content (AvgIpc) is 2.12. The average molecular weight is 300 g/mol. The molecule has 0 atom stereocenters. The van der Waals surface area contributed by atoms with Gasteiger partial charge in [-0.15, -0.1) is 0 Å². The van der Waals surface area contributed by atoms with Crippen molar-refractivity contribution >= 4 is 26.0 Å². The lowest BCUT2D eigenvalue weighted by Crippen LogP contribution is -2.35. The SMILES string of the molecule is CCCS(=O)(=O)NCC(C)(C)CCCBr. The fourth-order valence-electron chi connectivity index (χ4n) is 1.28. The summed E-state index contributed by atoms with van der Waals surface area (Å²) in [5.41, 5.74) is 0.0363. The largest absolute Gasteiger partial charge is 0.215 e. The van der Waals surface area contributed by atoms with Crippen LogP contribution in [0.1, 0.15) is 40.0 Å². The van der Waals surface area contributed by atoms with E-state index in [2.05, 4.69) is 34.5 Å². The third-order valence-electron chi connectivity index (χ3n) is 2.23. The molecule has 92 valence electrons. The minimum Gasteiger partial charge on any atom is -0.215 e. The summed E-state index contributed by atoms with van der Waals surface area (Å²) < 4.78 is 25.5. The first-order chi connectivity index (χ1) is 6.83. The molecule has 1 N–H and O–H groups in total. The molecule has 0 aliphatic heterocycles. The van der Waals surface area contributed by atoms with Gasteiger partial charge in [0, 0.05) is 11.9 Å². The molecule has 0 aliphatic rings. The van der Waals surface area contributed by atoms with E-state index in [1.54, 1.807) is 0 Å². The van der Waals surface area contributed by atoms with Crippen LogP contribution in [0.25, 0.3) is 0 Å². The molecule has 15 heavy (non-hydrogen) atoms. The minimum absolute atomic E-state index is 0.0363. The predicted octanol–water partition coefficient (Wildman–Crippen LogP) is 2.52. The monoisotopic (exact) mass is 299 g/mol.